The van der Waals surface area contributed by atoms with E-state index >= 15 is 0 Å². The molecule has 0 saturated heterocycles. The smallest absolute Gasteiger partial charge is 0.328 e. The summed E-state index contributed by atoms with van der Waals surface area (Å²) in [5.74, 6) is -0.319. The van der Waals surface area contributed by atoms with Crippen LogP contribution in [0.3, 0.4) is 0 Å². The van der Waals surface area contributed by atoms with Gasteiger partial charge in [-0.05, 0) is 30.2 Å². The van der Waals surface area contributed by atoms with Crippen LogP contribution in [0.5, 0.6) is 5.75 Å². The van der Waals surface area contributed by atoms with Gasteiger partial charge in [0.2, 0.25) is 0 Å². The molecule has 0 spiro atoms. The van der Waals surface area contributed by atoms with E-state index in [0.717, 1.165) is 11.6 Å². The predicted molar refractivity (Wildman–Crippen MR) is 62.6 cm³/mol. The third-order valence-electron chi connectivity index (χ3n) is 2.04. The molecule has 0 aliphatic carbocycles. The Hall–Kier alpha value is -2.28. The molecule has 1 aromatic carbocycles. The van der Waals surface area contributed by atoms with E-state index < -0.39 is 5.97 Å². The summed E-state index contributed by atoms with van der Waals surface area (Å²) in [7, 11) is 0. The highest BCUT2D eigenvalue weighted by molar-refractivity contribution is 5.80. The van der Waals surface area contributed by atoms with Crippen LogP contribution in [0, 0.1) is 11.3 Å². The third kappa shape index (κ3) is 4.85. The molecule has 1 aromatic rings. The second-order valence-electron chi connectivity index (χ2n) is 3.60. The quantitative estimate of drug-likeness (QED) is 0.788. The van der Waals surface area contributed by atoms with Gasteiger partial charge in [0.15, 0.2) is 0 Å². The Morgan fingerprint density at radius 3 is 2.65 bits per heavy atom. The van der Waals surface area contributed by atoms with E-state index in [4.69, 9.17) is 15.1 Å². The second-order valence-corrected chi connectivity index (χ2v) is 3.60. The van der Waals surface area contributed by atoms with Crippen molar-refractivity contribution in [1.82, 2.24) is 0 Å². The van der Waals surface area contributed by atoms with Crippen molar-refractivity contribution in [2.45, 2.75) is 13.3 Å². The Balaban J connectivity index is 2.53. The lowest BCUT2D eigenvalue weighted by Gasteiger charge is -2.06. The van der Waals surface area contributed by atoms with Gasteiger partial charge in [0.25, 0.3) is 0 Å². The largest absolute Gasteiger partial charge is 0.489 e. The summed E-state index contributed by atoms with van der Waals surface area (Å²) in [6, 6.07) is 9.22. The van der Waals surface area contributed by atoms with Crippen molar-refractivity contribution in [3.63, 3.8) is 0 Å². The molecule has 0 amide bonds. The number of nitriles is 1. The standard InChI is InChI=1S/C13H13NO3/c1-10(8-13(15)16)9-17-12-4-2-11(3-5-12)6-7-14/h2-5,8H,6,9H2,1H3,(H,15,16)/b10-8+. The average Bonchev–Trinajstić information content (AvgIpc) is 2.28. The number of hydrogen-bond donors (Lipinski definition) is 1. The SMILES string of the molecule is C/C(=C\C(=O)O)COc1ccc(CC#N)cc1. The van der Waals surface area contributed by atoms with Crippen molar-refractivity contribution in [2.75, 3.05) is 6.61 Å². The fourth-order valence-corrected chi connectivity index (χ4v) is 1.24. The lowest BCUT2D eigenvalue weighted by atomic mass is 10.2. The highest BCUT2D eigenvalue weighted by Crippen LogP contribution is 2.13. The summed E-state index contributed by atoms with van der Waals surface area (Å²) in [6.07, 6.45) is 1.49. The summed E-state index contributed by atoms with van der Waals surface area (Å²) >= 11 is 0. The third-order valence-corrected chi connectivity index (χ3v) is 2.04. The highest BCUT2D eigenvalue weighted by atomic mass is 16.5. The van der Waals surface area contributed by atoms with Crippen molar-refractivity contribution in [3.8, 4) is 11.8 Å². The minimum atomic E-state index is -0.976. The summed E-state index contributed by atoms with van der Waals surface area (Å²) in [5.41, 5.74) is 1.57. The first-order valence-corrected chi connectivity index (χ1v) is 5.10. The number of ether oxygens (including phenoxy) is 1. The molecule has 1 N–H and O–H groups in total. The lowest BCUT2D eigenvalue weighted by molar-refractivity contribution is -0.131. The molecule has 0 saturated carbocycles. The van der Waals surface area contributed by atoms with Gasteiger partial charge in [0, 0.05) is 6.08 Å². The number of carboxylic acids is 1. The molecule has 17 heavy (non-hydrogen) atoms. The number of carbonyl (C=O) groups is 1. The fourth-order valence-electron chi connectivity index (χ4n) is 1.24. The summed E-state index contributed by atoms with van der Waals surface area (Å²) in [6.45, 7) is 1.93. The lowest BCUT2D eigenvalue weighted by Crippen LogP contribution is -2.01. The van der Waals surface area contributed by atoms with Crippen molar-refractivity contribution in [3.05, 3.63) is 41.5 Å². The van der Waals surface area contributed by atoms with Crippen LogP contribution < -0.4 is 4.74 Å². The van der Waals surface area contributed by atoms with Gasteiger partial charge >= 0.3 is 5.97 Å². The van der Waals surface area contributed by atoms with E-state index in [0.29, 0.717) is 17.7 Å². The van der Waals surface area contributed by atoms with E-state index in [1.54, 1.807) is 19.1 Å². The molecule has 88 valence electrons. The van der Waals surface area contributed by atoms with E-state index in [2.05, 4.69) is 6.07 Å². The van der Waals surface area contributed by atoms with Crippen LogP contribution in [0.4, 0.5) is 0 Å². The Labute approximate surface area is 99.8 Å². The monoisotopic (exact) mass is 231 g/mol. The van der Waals surface area contributed by atoms with E-state index in [-0.39, 0.29) is 6.61 Å². The van der Waals surface area contributed by atoms with Gasteiger partial charge < -0.3 is 9.84 Å². The molecule has 0 atom stereocenters. The fraction of sp³-hybridized carbons (Fsp3) is 0.231. The molecule has 0 aromatic heterocycles. The average molecular weight is 231 g/mol. The summed E-state index contributed by atoms with van der Waals surface area (Å²) in [5, 5.41) is 17.0. The van der Waals surface area contributed by atoms with Gasteiger partial charge in [-0.25, -0.2) is 4.79 Å². The first-order chi connectivity index (χ1) is 8.11. The maximum absolute atomic E-state index is 10.4. The first kappa shape index (κ1) is 12.8. The molecule has 0 radical (unpaired) electrons. The topological polar surface area (TPSA) is 70.3 Å². The zero-order valence-electron chi connectivity index (χ0n) is 9.51. The van der Waals surface area contributed by atoms with Gasteiger partial charge in [-0.15, -0.1) is 0 Å². The molecule has 0 unspecified atom stereocenters. The van der Waals surface area contributed by atoms with Crippen LogP contribution in [0.15, 0.2) is 35.9 Å². The van der Waals surface area contributed by atoms with Crippen LogP contribution in [-0.2, 0) is 11.2 Å². The van der Waals surface area contributed by atoms with Crippen molar-refractivity contribution in [2.24, 2.45) is 0 Å². The van der Waals surface area contributed by atoms with Crippen LogP contribution in [0.1, 0.15) is 12.5 Å². The van der Waals surface area contributed by atoms with Crippen LogP contribution in [-0.4, -0.2) is 17.7 Å². The summed E-state index contributed by atoms with van der Waals surface area (Å²) < 4.78 is 5.39. The van der Waals surface area contributed by atoms with Crippen LogP contribution in [0.25, 0.3) is 0 Å². The normalized spacial score (nSPS) is 10.7. The number of hydrogen-bond acceptors (Lipinski definition) is 3. The first-order valence-electron chi connectivity index (χ1n) is 5.10. The molecule has 0 heterocycles. The second kappa shape index (κ2) is 6.33. The molecular formula is C13H13NO3. The number of rotatable bonds is 5. The number of nitrogens with zero attached hydrogens (tertiary/aromatic N) is 1. The minimum absolute atomic E-state index is 0.240. The Morgan fingerprint density at radius 2 is 2.12 bits per heavy atom. The molecule has 0 aliphatic rings. The van der Waals surface area contributed by atoms with Crippen LogP contribution >= 0.6 is 0 Å². The van der Waals surface area contributed by atoms with Gasteiger partial charge in [-0.2, -0.15) is 5.26 Å². The highest BCUT2D eigenvalue weighted by Gasteiger charge is 1.98. The number of carboxylic acid groups (broad SMARTS) is 1. The Morgan fingerprint density at radius 1 is 1.47 bits per heavy atom. The van der Waals surface area contributed by atoms with E-state index in [1.165, 1.54) is 0 Å². The van der Waals surface area contributed by atoms with Gasteiger partial charge in [-0.1, -0.05) is 12.1 Å². The number of benzene rings is 1. The molecule has 4 heteroatoms. The minimum Gasteiger partial charge on any atom is -0.489 e. The molecular weight excluding hydrogens is 218 g/mol. The van der Waals surface area contributed by atoms with Crippen LogP contribution in [0.2, 0.25) is 0 Å². The molecule has 0 bridgehead atoms. The maximum atomic E-state index is 10.4. The Kier molecular flexibility index (Phi) is 4.77. The Bertz CT molecular complexity index is 455. The molecule has 4 nitrogen and oxygen atoms in total. The van der Waals surface area contributed by atoms with E-state index in [1.807, 2.05) is 12.1 Å². The van der Waals surface area contributed by atoms with Crippen molar-refractivity contribution < 1.29 is 14.6 Å². The zero-order valence-corrected chi connectivity index (χ0v) is 9.51. The number of aliphatic carboxylic acids is 1. The van der Waals surface area contributed by atoms with Crippen molar-refractivity contribution >= 4 is 5.97 Å². The molecule has 0 aliphatic heterocycles. The van der Waals surface area contributed by atoms with E-state index in [9.17, 15) is 4.79 Å². The predicted octanol–water partition coefficient (Wildman–Crippen LogP) is 2.16. The van der Waals surface area contributed by atoms with Crippen molar-refractivity contribution in [1.29, 1.82) is 5.26 Å². The van der Waals surface area contributed by atoms with Gasteiger partial charge in [0.1, 0.15) is 12.4 Å². The zero-order chi connectivity index (χ0) is 12.7. The van der Waals surface area contributed by atoms with Gasteiger partial charge in [0.05, 0.1) is 12.5 Å². The van der Waals surface area contributed by atoms with Gasteiger partial charge in [-0.3, -0.25) is 0 Å². The maximum Gasteiger partial charge on any atom is 0.328 e. The molecule has 1 rings (SSSR count). The molecule has 0 fully saturated rings. The summed E-state index contributed by atoms with van der Waals surface area (Å²) in [4.78, 5) is 10.4.